The number of aryl methyl sites for hydroxylation is 1. The maximum atomic E-state index is 12.0. The van der Waals surface area contributed by atoms with Gasteiger partial charge in [0.05, 0.1) is 0 Å². The van der Waals surface area contributed by atoms with Crippen molar-refractivity contribution in [2.75, 3.05) is 19.4 Å². The van der Waals surface area contributed by atoms with Gasteiger partial charge in [0.1, 0.15) is 0 Å². The summed E-state index contributed by atoms with van der Waals surface area (Å²) in [5, 5.41) is 2.84. The first-order valence-corrected chi connectivity index (χ1v) is 7.88. The summed E-state index contributed by atoms with van der Waals surface area (Å²) < 4.78 is 0. The summed E-state index contributed by atoms with van der Waals surface area (Å²) in [5.74, 6) is -0.0874. The number of carbonyl (C=O) groups is 2. The third kappa shape index (κ3) is 5.72. The number of anilines is 1. The normalized spacial score (nSPS) is 10.6. The monoisotopic (exact) mass is 322 g/mol. The zero-order valence-corrected chi connectivity index (χ0v) is 14.0. The first kappa shape index (κ1) is 17.5. The standard InChI is InChI=1S/C20H22N2O2/c1-22(2)20(24)14-12-17-9-6-10-18(15-17)21-19(23)13-11-16-7-4-3-5-8-16/h3-11,13,15H,12,14H2,1-2H3,(H,21,23)/b13-11+. The topological polar surface area (TPSA) is 49.4 Å². The molecule has 2 aromatic rings. The molecule has 0 heterocycles. The van der Waals surface area contributed by atoms with Crippen LogP contribution in [0.1, 0.15) is 17.5 Å². The third-order valence-electron chi connectivity index (χ3n) is 3.55. The van der Waals surface area contributed by atoms with Gasteiger partial charge in [-0.25, -0.2) is 0 Å². The number of carbonyl (C=O) groups excluding carboxylic acids is 2. The minimum absolute atomic E-state index is 0.0928. The smallest absolute Gasteiger partial charge is 0.248 e. The zero-order valence-electron chi connectivity index (χ0n) is 14.0. The summed E-state index contributed by atoms with van der Waals surface area (Å²) in [5.41, 5.74) is 2.73. The van der Waals surface area contributed by atoms with Crippen molar-refractivity contribution in [2.45, 2.75) is 12.8 Å². The van der Waals surface area contributed by atoms with Crippen molar-refractivity contribution in [1.82, 2.24) is 4.90 Å². The fraction of sp³-hybridized carbons (Fsp3) is 0.200. The number of benzene rings is 2. The lowest BCUT2D eigenvalue weighted by Crippen LogP contribution is -2.21. The van der Waals surface area contributed by atoms with Crippen LogP contribution >= 0.6 is 0 Å². The van der Waals surface area contributed by atoms with Crippen molar-refractivity contribution in [3.8, 4) is 0 Å². The Hall–Kier alpha value is -2.88. The van der Waals surface area contributed by atoms with E-state index in [1.165, 1.54) is 6.08 Å². The van der Waals surface area contributed by atoms with E-state index in [1.54, 1.807) is 25.1 Å². The Morgan fingerprint density at radius 2 is 1.79 bits per heavy atom. The molecule has 0 unspecified atom stereocenters. The molecular formula is C20H22N2O2. The molecular weight excluding hydrogens is 300 g/mol. The van der Waals surface area contributed by atoms with Crippen molar-refractivity contribution in [2.24, 2.45) is 0 Å². The minimum Gasteiger partial charge on any atom is -0.349 e. The molecule has 0 saturated heterocycles. The number of hydrogen-bond acceptors (Lipinski definition) is 2. The fourth-order valence-electron chi connectivity index (χ4n) is 2.20. The molecule has 0 aliphatic heterocycles. The molecule has 0 atom stereocenters. The summed E-state index contributed by atoms with van der Waals surface area (Å²) >= 11 is 0. The van der Waals surface area contributed by atoms with E-state index in [2.05, 4.69) is 5.32 Å². The van der Waals surface area contributed by atoms with Crippen LogP contribution in [0.4, 0.5) is 5.69 Å². The molecule has 2 rings (SSSR count). The van der Waals surface area contributed by atoms with Gasteiger partial charge < -0.3 is 10.2 Å². The highest BCUT2D eigenvalue weighted by Gasteiger charge is 2.05. The lowest BCUT2D eigenvalue weighted by atomic mass is 10.1. The number of amides is 2. The van der Waals surface area contributed by atoms with Gasteiger partial charge in [-0.15, -0.1) is 0 Å². The van der Waals surface area contributed by atoms with Gasteiger partial charge in [0.25, 0.3) is 0 Å². The molecule has 1 N–H and O–H groups in total. The Labute approximate surface area is 142 Å². The Morgan fingerprint density at radius 1 is 1.04 bits per heavy atom. The Bertz CT molecular complexity index is 721. The highest BCUT2D eigenvalue weighted by molar-refractivity contribution is 6.01. The number of hydrogen-bond donors (Lipinski definition) is 1. The molecule has 0 spiro atoms. The van der Waals surface area contributed by atoms with Crippen LogP contribution in [0.3, 0.4) is 0 Å². The number of nitrogens with zero attached hydrogens (tertiary/aromatic N) is 1. The third-order valence-corrected chi connectivity index (χ3v) is 3.55. The summed E-state index contributed by atoms with van der Waals surface area (Å²) in [6, 6.07) is 17.2. The maximum Gasteiger partial charge on any atom is 0.248 e. The first-order chi connectivity index (χ1) is 11.5. The van der Waals surface area contributed by atoms with Crippen molar-refractivity contribution >= 4 is 23.6 Å². The van der Waals surface area contributed by atoms with Crippen LogP contribution in [0.2, 0.25) is 0 Å². The molecule has 24 heavy (non-hydrogen) atoms. The highest BCUT2D eigenvalue weighted by atomic mass is 16.2. The lowest BCUT2D eigenvalue weighted by Gasteiger charge is -2.10. The van der Waals surface area contributed by atoms with Crippen LogP contribution in [0.5, 0.6) is 0 Å². The predicted molar refractivity (Wildman–Crippen MR) is 97.6 cm³/mol. The number of rotatable bonds is 6. The summed E-state index contributed by atoms with van der Waals surface area (Å²) in [6.07, 6.45) is 4.39. The van der Waals surface area contributed by atoms with E-state index in [4.69, 9.17) is 0 Å². The molecule has 124 valence electrons. The van der Waals surface area contributed by atoms with Crippen molar-refractivity contribution < 1.29 is 9.59 Å². The molecule has 0 bridgehead atoms. The van der Waals surface area contributed by atoms with Gasteiger partial charge in [0.15, 0.2) is 0 Å². The lowest BCUT2D eigenvalue weighted by molar-refractivity contribution is -0.128. The van der Waals surface area contributed by atoms with Gasteiger partial charge in [-0.05, 0) is 35.8 Å². The molecule has 0 aliphatic carbocycles. The summed E-state index contributed by atoms with van der Waals surface area (Å²) in [7, 11) is 3.50. The second-order valence-electron chi connectivity index (χ2n) is 5.72. The van der Waals surface area contributed by atoms with Gasteiger partial charge in [-0.3, -0.25) is 9.59 Å². The Morgan fingerprint density at radius 3 is 2.50 bits per heavy atom. The molecule has 2 aromatic carbocycles. The largest absolute Gasteiger partial charge is 0.349 e. The van der Waals surface area contributed by atoms with Crippen molar-refractivity contribution in [3.05, 3.63) is 71.8 Å². The van der Waals surface area contributed by atoms with E-state index in [9.17, 15) is 9.59 Å². The summed E-state index contributed by atoms with van der Waals surface area (Å²) in [4.78, 5) is 25.2. The Balaban J connectivity index is 1.92. The van der Waals surface area contributed by atoms with Crippen LogP contribution in [-0.4, -0.2) is 30.8 Å². The van der Waals surface area contributed by atoms with Gasteiger partial charge in [0, 0.05) is 32.3 Å². The van der Waals surface area contributed by atoms with E-state index >= 15 is 0 Å². The van der Waals surface area contributed by atoms with Gasteiger partial charge >= 0.3 is 0 Å². The average Bonchev–Trinajstić information content (AvgIpc) is 2.59. The van der Waals surface area contributed by atoms with Crippen LogP contribution in [0.25, 0.3) is 6.08 Å². The van der Waals surface area contributed by atoms with Gasteiger partial charge in [0.2, 0.25) is 11.8 Å². The van der Waals surface area contributed by atoms with Crippen molar-refractivity contribution in [3.63, 3.8) is 0 Å². The van der Waals surface area contributed by atoms with Crippen LogP contribution in [0.15, 0.2) is 60.7 Å². The van der Waals surface area contributed by atoms with Crippen LogP contribution < -0.4 is 5.32 Å². The number of nitrogens with one attached hydrogen (secondary N) is 1. The zero-order chi connectivity index (χ0) is 17.4. The van der Waals surface area contributed by atoms with E-state index in [1.807, 2.05) is 54.6 Å². The molecule has 0 radical (unpaired) electrons. The van der Waals surface area contributed by atoms with Crippen LogP contribution in [0, 0.1) is 0 Å². The molecule has 4 nitrogen and oxygen atoms in total. The molecule has 0 aromatic heterocycles. The second kappa shape index (κ2) is 8.67. The average molecular weight is 322 g/mol. The van der Waals surface area contributed by atoms with Crippen molar-refractivity contribution in [1.29, 1.82) is 0 Å². The quantitative estimate of drug-likeness (QED) is 0.829. The second-order valence-corrected chi connectivity index (χ2v) is 5.72. The Kier molecular flexibility index (Phi) is 6.32. The van der Waals surface area contributed by atoms with E-state index in [-0.39, 0.29) is 11.8 Å². The van der Waals surface area contributed by atoms with E-state index in [0.717, 1.165) is 16.8 Å². The van der Waals surface area contributed by atoms with Crippen LogP contribution in [-0.2, 0) is 16.0 Å². The summed E-state index contributed by atoms with van der Waals surface area (Å²) in [6.45, 7) is 0. The first-order valence-electron chi connectivity index (χ1n) is 7.88. The minimum atomic E-state index is -0.180. The molecule has 4 heteroatoms. The van der Waals surface area contributed by atoms with Gasteiger partial charge in [-0.2, -0.15) is 0 Å². The predicted octanol–water partition coefficient (Wildman–Crippen LogP) is 3.36. The fourth-order valence-corrected chi connectivity index (χ4v) is 2.20. The molecule has 0 fully saturated rings. The highest BCUT2D eigenvalue weighted by Crippen LogP contribution is 2.13. The SMILES string of the molecule is CN(C)C(=O)CCc1cccc(NC(=O)/C=C/c2ccccc2)c1. The van der Waals surface area contributed by atoms with E-state index in [0.29, 0.717) is 12.8 Å². The van der Waals surface area contributed by atoms with Gasteiger partial charge in [-0.1, -0.05) is 42.5 Å². The maximum absolute atomic E-state index is 12.0. The van der Waals surface area contributed by atoms with E-state index < -0.39 is 0 Å². The molecule has 0 saturated carbocycles. The molecule has 0 aliphatic rings. The molecule has 2 amide bonds.